The average Bonchev–Trinajstić information content (AvgIpc) is 0.722. The fraction of sp³-hybridized carbons (Fsp3) is 0. The van der Waals surface area contributed by atoms with Gasteiger partial charge < -0.3 is 26.5 Å². The van der Waals surface area contributed by atoms with E-state index in [1.807, 2.05) is 0 Å². The van der Waals surface area contributed by atoms with Crippen molar-refractivity contribution in [2.45, 2.75) is 0 Å². The van der Waals surface area contributed by atoms with Crippen LogP contribution in [-0.4, -0.2) is 39.4 Å². The van der Waals surface area contributed by atoms with Gasteiger partial charge in [0.1, 0.15) is 0 Å². The maximum Gasteiger partial charge on any atom is 0.215 e. The molecule has 0 heterocycles. The van der Waals surface area contributed by atoms with Crippen LogP contribution >= 0.6 is 0 Å². The van der Waals surface area contributed by atoms with E-state index in [0.29, 0.717) is 0 Å². The minimum Gasteiger partial charge on any atom is -0.726 e. The van der Waals surface area contributed by atoms with Crippen molar-refractivity contribution in [2.75, 3.05) is 0 Å². The first-order valence-electron chi connectivity index (χ1n) is 0.683. The molecule has 0 rings (SSSR count). The molecule has 0 saturated carbocycles. The third-order valence-corrected chi connectivity index (χ3v) is 0. The number of hydrogen-bond acceptors (Lipinski definition) is 3. The largest absolute Gasteiger partial charge is 0.726 e. The van der Waals surface area contributed by atoms with Gasteiger partial charge in [-0.15, -0.1) is 0 Å². The Hall–Kier alpha value is 0.593. The van der Waals surface area contributed by atoms with E-state index in [-0.39, 0.29) is 48.1 Å². The molecule has 0 aromatic carbocycles. The molecule has 0 bridgehead atoms. The Kier molecular flexibility index (Phi) is 75.3. The maximum absolute atomic E-state index is 8.63. The third-order valence-electron chi connectivity index (χ3n) is 0. The molecule has 8 nitrogen and oxygen atoms in total. The second-order valence-electron chi connectivity index (χ2n) is 0.428. The van der Waals surface area contributed by atoms with Gasteiger partial charge in [-0.25, -0.2) is 8.42 Å². The molecular formula is H9O8SZr-. The topological polar surface area (TPSA) is 203 Å². The van der Waals surface area contributed by atoms with Gasteiger partial charge >= 0.3 is 0 Å². The molecular weight excluding hydrogens is 251 g/mol. The first kappa shape index (κ1) is 46.2. The Balaban J connectivity index is -0.00000000800. The van der Waals surface area contributed by atoms with Gasteiger partial charge in [-0.3, -0.25) is 4.55 Å². The molecule has 0 aromatic rings. The maximum atomic E-state index is 8.63. The molecule has 0 aliphatic carbocycles. The van der Waals surface area contributed by atoms with Crippen LogP contribution in [0.15, 0.2) is 0 Å². The van der Waals surface area contributed by atoms with Crippen molar-refractivity contribution in [3.8, 4) is 0 Å². The van der Waals surface area contributed by atoms with E-state index >= 15 is 0 Å². The molecule has 10 heteroatoms. The van der Waals surface area contributed by atoms with Gasteiger partial charge in [-0.2, -0.15) is 0 Å². The average molecular weight is 260 g/mol. The van der Waals surface area contributed by atoms with Crippen molar-refractivity contribution in [3.63, 3.8) is 0 Å². The zero-order valence-electron chi connectivity index (χ0n) is 4.58. The van der Waals surface area contributed by atoms with Crippen molar-refractivity contribution < 1.29 is 65.6 Å². The monoisotopic (exact) mass is 259 g/mol. The third kappa shape index (κ3) is 1410. The molecule has 0 atom stereocenters. The van der Waals surface area contributed by atoms with E-state index in [2.05, 4.69) is 0 Å². The Morgan fingerprint density at radius 2 is 1.00 bits per heavy atom. The van der Waals surface area contributed by atoms with Crippen LogP contribution in [0.4, 0.5) is 0 Å². The van der Waals surface area contributed by atoms with E-state index in [4.69, 9.17) is 17.5 Å². The molecule has 0 aliphatic heterocycles. The standard InChI is InChI=1S/H2O4S.4H2O.Zr/c1-5(2,3)4;;;;;/h(H2,1,2,3,4);4*1H2;/p-1. The number of rotatable bonds is 0. The van der Waals surface area contributed by atoms with E-state index in [0.717, 1.165) is 0 Å². The zero-order chi connectivity index (χ0) is 4.50. The van der Waals surface area contributed by atoms with E-state index in [1.165, 1.54) is 0 Å². The van der Waals surface area contributed by atoms with Crippen LogP contribution in [0.25, 0.3) is 0 Å². The smallest absolute Gasteiger partial charge is 0.215 e. The second-order valence-corrected chi connectivity index (χ2v) is 1.28. The predicted molar refractivity (Wildman–Crippen MR) is 26.8 cm³/mol. The van der Waals surface area contributed by atoms with Crippen molar-refractivity contribution in [1.82, 2.24) is 0 Å². The number of hydrogen-bond donors (Lipinski definition) is 1. The fourth-order valence-corrected chi connectivity index (χ4v) is 0. The summed E-state index contributed by atoms with van der Waals surface area (Å²) in [6.45, 7) is 0. The zero-order valence-corrected chi connectivity index (χ0v) is 7.85. The molecule has 0 saturated heterocycles. The predicted octanol–water partition coefficient (Wildman–Crippen LogP) is -4.30. The molecule has 0 aromatic heterocycles. The van der Waals surface area contributed by atoms with Crippen LogP contribution in [0.2, 0.25) is 0 Å². The van der Waals surface area contributed by atoms with Crippen molar-refractivity contribution in [3.05, 3.63) is 0 Å². The Morgan fingerprint density at radius 3 is 1.00 bits per heavy atom. The molecule has 0 amide bonds. The van der Waals surface area contributed by atoms with Crippen LogP contribution in [-0.2, 0) is 36.6 Å². The molecule has 0 spiro atoms. The van der Waals surface area contributed by atoms with Gasteiger partial charge in [0, 0.05) is 26.2 Å². The summed E-state index contributed by atoms with van der Waals surface area (Å²) in [5.41, 5.74) is 0. The minimum atomic E-state index is -4.92. The molecule has 0 aliphatic rings. The molecule has 0 fully saturated rings. The quantitative estimate of drug-likeness (QED) is 0.339. The summed E-state index contributed by atoms with van der Waals surface area (Å²) in [4.78, 5) is 0. The Morgan fingerprint density at radius 1 is 1.00 bits per heavy atom. The summed E-state index contributed by atoms with van der Waals surface area (Å²) in [5, 5.41) is 0. The second kappa shape index (κ2) is 16.3. The molecule has 9 N–H and O–H groups in total. The molecule has 68 valence electrons. The Bertz CT molecular complexity index is 92.4. The van der Waals surface area contributed by atoms with Crippen LogP contribution in [0.5, 0.6) is 0 Å². The summed E-state index contributed by atoms with van der Waals surface area (Å²) >= 11 is 0. The fourth-order valence-electron chi connectivity index (χ4n) is 0. The summed E-state index contributed by atoms with van der Waals surface area (Å²) in [7, 11) is -4.92. The van der Waals surface area contributed by atoms with E-state index in [9.17, 15) is 0 Å². The van der Waals surface area contributed by atoms with Crippen LogP contribution < -0.4 is 0 Å². The normalized spacial score (nSPS) is 5.80. The summed E-state index contributed by atoms with van der Waals surface area (Å²) in [6, 6.07) is 0. The van der Waals surface area contributed by atoms with Crippen LogP contribution in [0.3, 0.4) is 0 Å². The van der Waals surface area contributed by atoms with Crippen molar-refractivity contribution in [2.24, 2.45) is 0 Å². The van der Waals surface area contributed by atoms with Gasteiger partial charge in [-0.1, -0.05) is 0 Å². The van der Waals surface area contributed by atoms with Gasteiger partial charge in [0.05, 0.1) is 0 Å². The molecule has 10 heavy (non-hydrogen) atoms. The van der Waals surface area contributed by atoms with Gasteiger partial charge in [-0.05, 0) is 0 Å². The van der Waals surface area contributed by atoms with Crippen molar-refractivity contribution >= 4 is 10.4 Å². The summed E-state index contributed by atoms with van der Waals surface area (Å²) in [5.74, 6) is 0. The van der Waals surface area contributed by atoms with E-state index < -0.39 is 10.4 Å². The van der Waals surface area contributed by atoms with Gasteiger partial charge in [0.2, 0.25) is 10.4 Å². The van der Waals surface area contributed by atoms with Crippen LogP contribution in [0, 0.1) is 0 Å². The van der Waals surface area contributed by atoms with Gasteiger partial charge in [0.25, 0.3) is 0 Å². The molecule has 0 unspecified atom stereocenters. The van der Waals surface area contributed by atoms with Gasteiger partial charge in [0.15, 0.2) is 0 Å². The van der Waals surface area contributed by atoms with Crippen LogP contribution in [0.1, 0.15) is 0 Å². The summed E-state index contributed by atoms with van der Waals surface area (Å²) in [6.07, 6.45) is 0. The Labute approximate surface area is 76.2 Å². The molecule has 0 radical (unpaired) electrons. The first-order valence-corrected chi connectivity index (χ1v) is 2.05. The summed E-state index contributed by atoms with van der Waals surface area (Å²) < 4.78 is 32.8. The first-order chi connectivity index (χ1) is 2.00. The minimum absolute atomic E-state index is 0. The SMILES string of the molecule is O.O.O.O.O=S(=O)([O-])O.[Zr]. The van der Waals surface area contributed by atoms with Crippen molar-refractivity contribution in [1.29, 1.82) is 0 Å². The van der Waals surface area contributed by atoms with E-state index in [1.54, 1.807) is 0 Å².